The van der Waals surface area contributed by atoms with Crippen molar-refractivity contribution in [3.63, 3.8) is 0 Å². The quantitative estimate of drug-likeness (QED) is 0.663. The van der Waals surface area contributed by atoms with Gasteiger partial charge in [0.25, 0.3) is 0 Å². The Labute approximate surface area is 71.4 Å². The topological polar surface area (TPSA) is 50.7 Å². The number of nitrogens with one attached hydrogen (secondary N) is 1. The maximum absolute atomic E-state index is 4.03. The van der Waals surface area contributed by atoms with Gasteiger partial charge in [-0.15, -0.1) is 5.10 Å². The third-order valence-corrected chi connectivity index (χ3v) is 2.17. The van der Waals surface area contributed by atoms with E-state index in [-0.39, 0.29) is 0 Å². The molecule has 0 radical (unpaired) electrons. The number of rotatable bonds is 1. The van der Waals surface area contributed by atoms with Crippen LogP contribution in [-0.4, -0.2) is 21.7 Å². The fraction of sp³-hybridized carbons (Fsp3) is 0.625. The second-order valence-electron chi connectivity index (χ2n) is 3.04. The first kappa shape index (κ1) is 7.61. The van der Waals surface area contributed by atoms with Crippen LogP contribution in [0.4, 0.5) is 0 Å². The molecule has 0 aliphatic carbocycles. The summed E-state index contributed by atoms with van der Waals surface area (Å²) in [6, 6.07) is 0.375. The molecule has 1 aromatic heterocycles. The molecule has 1 atom stereocenters. The lowest BCUT2D eigenvalue weighted by Crippen LogP contribution is -2.27. The first-order valence-corrected chi connectivity index (χ1v) is 4.33. The van der Waals surface area contributed by atoms with E-state index in [0.717, 1.165) is 18.7 Å². The van der Waals surface area contributed by atoms with Gasteiger partial charge in [-0.1, -0.05) is 6.42 Å². The fourth-order valence-electron chi connectivity index (χ4n) is 1.52. The zero-order chi connectivity index (χ0) is 8.23. The predicted molar refractivity (Wildman–Crippen MR) is 44.4 cm³/mol. The van der Waals surface area contributed by atoms with Crippen molar-refractivity contribution in [1.29, 1.82) is 0 Å². The second-order valence-corrected chi connectivity index (χ2v) is 3.04. The van der Waals surface area contributed by atoms with Crippen LogP contribution >= 0.6 is 0 Å². The highest BCUT2D eigenvalue weighted by Crippen LogP contribution is 2.19. The number of piperidine rings is 1. The molecule has 0 aromatic carbocycles. The van der Waals surface area contributed by atoms with Crippen LogP contribution in [0.25, 0.3) is 0 Å². The summed E-state index contributed by atoms with van der Waals surface area (Å²) in [7, 11) is 0. The summed E-state index contributed by atoms with van der Waals surface area (Å²) in [5, 5.41) is 11.2. The van der Waals surface area contributed by atoms with Gasteiger partial charge in [0, 0.05) is 0 Å². The molecule has 0 amide bonds. The minimum atomic E-state index is 0.375. The molecule has 0 saturated carbocycles. The van der Waals surface area contributed by atoms with Crippen LogP contribution in [0, 0.1) is 0 Å². The number of hydrogen-bond donors (Lipinski definition) is 1. The van der Waals surface area contributed by atoms with Gasteiger partial charge >= 0.3 is 0 Å². The summed E-state index contributed by atoms with van der Waals surface area (Å²) in [5.74, 6) is 0. The van der Waals surface area contributed by atoms with Crippen LogP contribution in [0.5, 0.6) is 0 Å². The Hall–Kier alpha value is -1.03. The van der Waals surface area contributed by atoms with Gasteiger partial charge < -0.3 is 5.32 Å². The van der Waals surface area contributed by atoms with Gasteiger partial charge in [-0.2, -0.15) is 5.10 Å². The first-order chi connectivity index (χ1) is 5.97. The van der Waals surface area contributed by atoms with E-state index >= 15 is 0 Å². The third kappa shape index (κ3) is 1.58. The Morgan fingerprint density at radius 2 is 2.42 bits per heavy atom. The second kappa shape index (κ2) is 3.58. The SMILES string of the molecule is c1ncc(C2CCCCN2)nn1. The van der Waals surface area contributed by atoms with E-state index < -0.39 is 0 Å². The van der Waals surface area contributed by atoms with Crippen molar-refractivity contribution < 1.29 is 0 Å². The number of aromatic nitrogens is 3. The number of nitrogens with zero attached hydrogens (tertiary/aromatic N) is 3. The lowest BCUT2D eigenvalue weighted by atomic mass is 10.0. The molecule has 1 N–H and O–H groups in total. The van der Waals surface area contributed by atoms with Crippen LogP contribution in [0.15, 0.2) is 12.5 Å². The largest absolute Gasteiger partial charge is 0.309 e. The van der Waals surface area contributed by atoms with E-state index in [9.17, 15) is 0 Å². The van der Waals surface area contributed by atoms with Gasteiger partial charge in [-0.25, -0.2) is 4.98 Å². The molecule has 2 heterocycles. The summed E-state index contributed by atoms with van der Waals surface area (Å²) in [6.45, 7) is 1.08. The molecule has 12 heavy (non-hydrogen) atoms. The van der Waals surface area contributed by atoms with Crippen molar-refractivity contribution in [2.45, 2.75) is 25.3 Å². The maximum atomic E-state index is 4.03. The van der Waals surface area contributed by atoms with Crippen LogP contribution in [0.2, 0.25) is 0 Å². The summed E-state index contributed by atoms with van der Waals surface area (Å²) in [4.78, 5) is 3.95. The van der Waals surface area contributed by atoms with Gasteiger partial charge in [0.15, 0.2) is 0 Å². The Kier molecular flexibility index (Phi) is 2.27. The average Bonchev–Trinajstić information content (AvgIpc) is 2.21. The summed E-state index contributed by atoms with van der Waals surface area (Å²) < 4.78 is 0. The van der Waals surface area contributed by atoms with Crippen molar-refractivity contribution in [3.05, 3.63) is 18.2 Å². The molecule has 1 aliphatic rings. The molecule has 0 bridgehead atoms. The maximum Gasteiger partial charge on any atom is 0.138 e. The summed E-state index contributed by atoms with van der Waals surface area (Å²) >= 11 is 0. The van der Waals surface area contributed by atoms with Gasteiger partial charge in [-0.3, -0.25) is 0 Å². The lowest BCUT2D eigenvalue weighted by Gasteiger charge is -2.21. The minimum absolute atomic E-state index is 0.375. The van der Waals surface area contributed by atoms with Crippen molar-refractivity contribution in [2.24, 2.45) is 0 Å². The molecule has 1 aromatic rings. The molecule has 4 heteroatoms. The Bertz CT molecular complexity index is 230. The van der Waals surface area contributed by atoms with Gasteiger partial charge in [-0.05, 0) is 19.4 Å². The van der Waals surface area contributed by atoms with Crippen molar-refractivity contribution in [1.82, 2.24) is 20.5 Å². The highest BCUT2D eigenvalue weighted by atomic mass is 15.1. The molecule has 1 aliphatic heterocycles. The van der Waals surface area contributed by atoms with E-state index in [1.165, 1.54) is 19.2 Å². The van der Waals surface area contributed by atoms with Crippen molar-refractivity contribution in [3.8, 4) is 0 Å². The summed E-state index contributed by atoms with van der Waals surface area (Å²) in [5.41, 5.74) is 0.970. The fourth-order valence-corrected chi connectivity index (χ4v) is 1.52. The van der Waals surface area contributed by atoms with Gasteiger partial charge in [0.2, 0.25) is 0 Å². The van der Waals surface area contributed by atoms with E-state index in [1.54, 1.807) is 6.20 Å². The molecule has 1 saturated heterocycles. The van der Waals surface area contributed by atoms with E-state index in [1.807, 2.05) is 0 Å². The molecular formula is C8H12N4. The molecule has 1 fully saturated rings. The monoisotopic (exact) mass is 164 g/mol. The lowest BCUT2D eigenvalue weighted by molar-refractivity contribution is 0.401. The van der Waals surface area contributed by atoms with E-state index in [0.29, 0.717) is 6.04 Å². The van der Waals surface area contributed by atoms with Gasteiger partial charge in [0.05, 0.1) is 17.9 Å². The van der Waals surface area contributed by atoms with Crippen LogP contribution in [0.3, 0.4) is 0 Å². The minimum Gasteiger partial charge on any atom is -0.309 e. The Balaban J connectivity index is 2.08. The molecule has 4 nitrogen and oxygen atoms in total. The zero-order valence-corrected chi connectivity index (χ0v) is 6.90. The average molecular weight is 164 g/mol. The van der Waals surface area contributed by atoms with Crippen molar-refractivity contribution in [2.75, 3.05) is 6.54 Å². The van der Waals surface area contributed by atoms with E-state index in [2.05, 4.69) is 20.5 Å². The normalized spacial score (nSPS) is 23.8. The first-order valence-electron chi connectivity index (χ1n) is 4.33. The molecule has 2 rings (SSSR count). The Morgan fingerprint density at radius 1 is 1.42 bits per heavy atom. The molecular weight excluding hydrogens is 152 g/mol. The third-order valence-electron chi connectivity index (χ3n) is 2.17. The predicted octanol–water partition coefficient (Wildman–Crippen LogP) is 0.686. The standard InChI is InChI=1S/C8H12N4/c1-2-4-10-7(3-1)8-5-9-6-11-12-8/h5-7,10H,1-4H2. The van der Waals surface area contributed by atoms with E-state index in [4.69, 9.17) is 0 Å². The van der Waals surface area contributed by atoms with Crippen LogP contribution in [-0.2, 0) is 0 Å². The summed E-state index contributed by atoms with van der Waals surface area (Å²) in [6.07, 6.45) is 6.95. The number of hydrogen-bond acceptors (Lipinski definition) is 4. The highest BCUT2D eigenvalue weighted by Gasteiger charge is 2.15. The molecule has 0 spiro atoms. The highest BCUT2D eigenvalue weighted by molar-refractivity contribution is 5.00. The van der Waals surface area contributed by atoms with Crippen molar-refractivity contribution >= 4 is 0 Å². The van der Waals surface area contributed by atoms with Gasteiger partial charge in [0.1, 0.15) is 6.33 Å². The zero-order valence-electron chi connectivity index (χ0n) is 6.90. The van der Waals surface area contributed by atoms with Crippen LogP contribution < -0.4 is 5.32 Å². The smallest absolute Gasteiger partial charge is 0.138 e. The van der Waals surface area contributed by atoms with Crippen LogP contribution in [0.1, 0.15) is 31.0 Å². The Morgan fingerprint density at radius 3 is 3.08 bits per heavy atom. The molecule has 64 valence electrons. The molecule has 1 unspecified atom stereocenters.